The Hall–Kier alpha value is -4.96. The van der Waals surface area contributed by atoms with Gasteiger partial charge in [0.15, 0.2) is 0 Å². The van der Waals surface area contributed by atoms with Gasteiger partial charge in [-0.05, 0) is 60.7 Å². The molecule has 0 spiro atoms. The summed E-state index contributed by atoms with van der Waals surface area (Å²) in [6, 6.07) is 4.38. The molecule has 0 bridgehead atoms. The Kier molecular flexibility index (Phi) is 11.7. The number of carbonyl (C=O) groups is 4. The summed E-state index contributed by atoms with van der Waals surface area (Å²) in [6.07, 6.45) is 3.83. The van der Waals surface area contributed by atoms with Gasteiger partial charge >= 0.3 is 12.2 Å². The first kappa shape index (κ1) is 36.3. The summed E-state index contributed by atoms with van der Waals surface area (Å²) < 4.78 is 11.5. The molecule has 0 unspecified atom stereocenters. The van der Waals surface area contributed by atoms with E-state index in [9.17, 15) is 19.2 Å². The highest BCUT2D eigenvalue weighted by Gasteiger charge is 2.21. The lowest BCUT2D eigenvalue weighted by molar-refractivity contribution is -0.131. The summed E-state index contributed by atoms with van der Waals surface area (Å²) in [5, 5.41) is 7.25. The van der Waals surface area contributed by atoms with Crippen molar-refractivity contribution in [3.63, 3.8) is 0 Å². The highest BCUT2D eigenvalue weighted by atomic mass is 32.1. The van der Waals surface area contributed by atoms with Gasteiger partial charge in [0.25, 0.3) is 0 Å². The number of benzene rings is 1. The monoisotopic (exact) mass is 722 g/mol. The topological polar surface area (TPSA) is 175 Å². The van der Waals surface area contributed by atoms with Crippen LogP contribution < -0.4 is 10.6 Å². The number of H-pyrrole nitrogens is 2. The fourth-order valence-electron chi connectivity index (χ4n) is 5.69. The second kappa shape index (κ2) is 16.2. The van der Waals surface area contributed by atoms with Crippen LogP contribution in [0.4, 0.5) is 9.59 Å². The fraction of sp³-hybridized carbons (Fsp3) is 0.412. The van der Waals surface area contributed by atoms with E-state index < -0.39 is 12.2 Å². The Labute approximate surface area is 297 Å². The molecule has 0 radical (unpaired) electrons. The number of methoxy groups -OCH3 is 2. The number of alkyl carbamates (subject to hydrolysis) is 2. The van der Waals surface area contributed by atoms with Crippen LogP contribution in [0, 0.1) is 13.8 Å². The molecule has 0 saturated heterocycles. The molecule has 14 nitrogen and oxygen atoms in total. The van der Waals surface area contributed by atoms with Gasteiger partial charge in [0.05, 0.1) is 60.8 Å². The Morgan fingerprint density at radius 2 is 1.12 bits per heavy atom. The SMILES string of the molecule is CCCN(Cc1ncc(-c2cc3c(C)c4sc(-c5cnc(CN(CCC)C(=O)CNC(=O)OC)[nH]5)cc4c(C)c3s2)[nH]1)C(=O)CNC(=O)OC. The minimum absolute atomic E-state index is 0.147. The number of fused-ring (bicyclic) bond motifs is 2. The van der Waals surface area contributed by atoms with Crippen LogP contribution in [-0.2, 0) is 32.2 Å². The van der Waals surface area contributed by atoms with Gasteiger partial charge in [0.2, 0.25) is 11.8 Å². The standard InChI is InChI=1S/C34H42N8O6S2/c1-7-9-41(29(43)15-37-33(45)47-5)17-27-35-13-23(39-27)25-11-21-19(3)32-22(20(4)31(21)49-25)12-26(50-32)24-14-36-28(40-24)18-42(10-8-2)30(44)16-38-34(46)48-6/h11-14H,7-10,15-18H2,1-6H3,(H,35,39)(H,36,40)(H,37,45)(H,38,46). The molecule has 4 heterocycles. The van der Waals surface area contributed by atoms with Gasteiger partial charge in [-0.1, -0.05) is 13.8 Å². The van der Waals surface area contributed by atoms with Crippen LogP contribution in [0.15, 0.2) is 24.5 Å². The zero-order chi connectivity index (χ0) is 35.9. The quantitative estimate of drug-likeness (QED) is 0.113. The fourth-order valence-corrected chi connectivity index (χ4v) is 8.08. The van der Waals surface area contributed by atoms with Crippen molar-refractivity contribution in [1.29, 1.82) is 0 Å². The van der Waals surface area contributed by atoms with Crippen LogP contribution in [0.25, 0.3) is 41.3 Å². The highest BCUT2D eigenvalue weighted by molar-refractivity contribution is 7.24. The number of carbonyl (C=O) groups excluding carboxylic acids is 4. The summed E-state index contributed by atoms with van der Waals surface area (Å²) in [7, 11) is 2.52. The minimum Gasteiger partial charge on any atom is -0.453 e. The predicted molar refractivity (Wildman–Crippen MR) is 194 cm³/mol. The van der Waals surface area contributed by atoms with Gasteiger partial charge in [0, 0.05) is 22.5 Å². The lowest BCUT2D eigenvalue weighted by atomic mass is 10.0. The smallest absolute Gasteiger partial charge is 0.407 e. The number of nitrogens with zero attached hydrogens (tertiary/aromatic N) is 4. The Morgan fingerprint density at radius 3 is 1.48 bits per heavy atom. The van der Waals surface area contributed by atoms with E-state index in [1.807, 2.05) is 13.8 Å². The first-order valence-corrected chi connectivity index (χ1v) is 17.9. The maximum atomic E-state index is 12.8. The zero-order valence-corrected chi connectivity index (χ0v) is 30.7. The number of thiophene rings is 2. The van der Waals surface area contributed by atoms with Crippen molar-refractivity contribution in [1.82, 2.24) is 40.4 Å². The number of aromatic amines is 2. The maximum Gasteiger partial charge on any atom is 0.407 e. The summed E-state index contributed by atoms with van der Waals surface area (Å²) in [5.41, 5.74) is 4.13. The van der Waals surface area contributed by atoms with E-state index in [-0.39, 0.29) is 24.9 Å². The third kappa shape index (κ3) is 8.08. The molecule has 1 aromatic carbocycles. The molecule has 0 aliphatic heterocycles. The number of aromatic nitrogens is 4. The number of imidazole rings is 2. The minimum atomic E-state index is -0.649. The molecule has 4 N–H and O–H groups in total. The van der Waals surface area contributed by atoms with E-state index in [0.717, 1.165) is 34.0 Å². The molecule has 5 aromatic rings. The summed E-state index contributed by atoms with van der Waals surface area (Å²) in [6.45, 7) is 9.64. The number of aryl methyl sites for hydroxylation is 2. The third-order valence-electron chi connectivity index (χ3n) is 8.25. The Bertz CT molecular complexity index is 1820. The number of amides is 4. The summed E-state index contributed by atoms with van der Waals surface area (Å²) >= 11 is 3.40. The van der Waals surface area contributed by atoms with E-state index in [4.69, 9.17) is 0 Å². The molecular weight excluding hydrogens is 681 g/mol. The molecule has 50 heavy (non-hydrogen) atoms. The molecule has 0 atom stereocenters. The molecule has 4 aromatic heterocycles. The van der Waals surface area contributed by atoms with Crippen molar-refractivity contribution in [3.05, 3.63) is 47.3 Å². The van der Waals surface area contributed by atoms with Gasteiger partial charge in [-0.3, -0.25) is 9.59 Å². The highest BCUT2D eigenvalue weighted by Crippen LogP contribution is 2.44. The van der Waals surface area contributed by atoms with Gasteiger partial charge in [-0.25, -0.2) is 19.6 Å². The van der Waals surface area contributed by atoms with Crippen LogP contribution in [0.1, 0.15) is 49.5 Å². The first-order valence-electron chi connectivity index (χ1n) is 16.3. The number of nitrogens with one attached hydrogen (secondary N) is 4. The number of ether oxygens (including phenoxy) is 2. The van der Waals surface area contributed by atoms with E-state index in [2.05, 4.69) is 66.0 Å². The molecule has 5 rings (SSSR count). The molecule has 0 fully saturated rings. The summed E-state index contributed by atoms with van der Waals surface area (Å²) in [4.78, 5) is 69.7. The van der Waals surface area contributed by atoms with Crippen molar-refractivity contribution in [3.8, 4) is 21.1 Å². The van der Waals surface area contributed by atoms with Crippen LogP contribution in [0.5, 0.6) is 0 Å². The van der Waals surface area contributed by atoms with Crippen molar-refractivity contribution in [2.45, 2.75) is 53.6 Å². The number of hydrogen-bond acceptors (Lipinski definition) is 10. The van der Waals surface area contributed by atoms with Gasteiger partial charge in [-0.2, -0.15) is 0 Å². The second-order valence-electron chi connectivity index (χ2n) is 11.8. The number of rotatable bonds is 14. The average Bonchev–Trinajstić information content (AvgIpc) is 3.94. The Balaban J connectivity index is 1.34. The first-order chi connectivity index (χ1) is 24.1. The molecular formula is C34H42N8O6S2. The van der Waals surface area contributed by atoms with Crippen molar-refractivity contribution < 1.29 is 28.7 Å². The third-order valence-corrected chi connectivity index (χ3v) is 10.8. The van der Waals surface area contributed by atoms with Crippen LogP contribution in [0.2, 0.25) is 0 Å². The van der Waals surface area contributed by atoms with E-state index in [0.29, 0.717) is 37.8 Å². The largest absolute Gasteiger partial charge is 0.453 e. The average molecular weight is 723 g/mol. The van der Waals surface area contributed by atoms with Crippen molar-refractivity contribution in [2.75, 3.05) is 40.4 Å². The normalized spacial score (nSPS) is 11.2. The van der Waals surface area contributed by atoms with E-state index in [1.165, 1.54) is 45.5 Å². The van der Waals surface area contributed by atoms with Crippen molar-refractivity contribution >= 4 is 66.8 Å². The molecule has 0 aliphatic carbocycles. The lowest BCUT2D eigenvalue weighted by Gasteiger charge is -2.21. The second-order valence-corrected chi connectivity index (χ2v) is 13.9. The summed E-state index contributed by atoms with van der Waals surface area (Å²) in [5.74, 6) is 0.895. The molecule has 0 saturated carbocycles. The molecule has 266 valence electrons. The van der Waals surface area contributed by atoms with Crippen LogP contribution >= 0.6 is 22.7 Å². The Morgan fingerprint density at radius 1 is 0.720 bits per heavy atom. The van der Waals surface area contributed by atoms with Crippen LogP contribution in [0.3, 0.4) is 0 Å². The maximum absolute atomic E-state index is 12.8. The van der Waals surface area contributed by atoms with Crippen molar-refractivity contribution in [2.24, 2.45) is 0 Å². The zero-order valence-electron chi connectivity index (χ0n) is 29.0. The van der Waals surface area contributed by atoms with Gasteiger partial charge in [-0.15, -0.1) is 22.7 Å². The van der Waals surface area contributed by atoms with Gasteiger partial charge in [0.1, 0.15) is 24.7 Å². The molecule has 0 aliphatic rings. The molecule has 16 heteroatoms. The lowest BCUT2D eigenvalue weighted by Crippen LogP contribution is -2.40. The number of hydrogen-bond donors (Lipinski definition) is 4. The van der Waals surface area contributed by atoms with E-state index in [1.54, 1.807) is 44.9 Å². The predicted octanol–water partition coefficient (Wildman–Crippen LogP) is 5.70. The molecule has 4 amide bonds. The van der Waals surface area contributed by atoms with Crippen LogP contribution in [-0.4, -0.2) is 94.1 Å². The van der Waals surface area contributed by atoms with E-state index >= 15 is 0 Å². The van der Waals surface area contributed by atoms with Gasteiger partial charge < -0.3 is 39.9 Å².